The molecule has 100 valence electrons. The second-order valence-corrected chi connectivity index (χ2v) is 5.70. The van der Waals surface area contributed by atoms with Crippen LogP contribution in [0.25, 0.3) is 11.0 Å². The number of likely N-dealkylation sites (tertiary alicyclic amines) is 1. The number of benzene rings is 1. The van der Waals surface area contributed by atoms with E-state index in [0.717, 1.165) is 35.6 Å². The summed E-state index contributed by atoms with van der Waals surface area (Å²) < 4.78 is 11.5. The molecule has 2 aliphatic rings. The molecule has 2 heterocycles. The normalized spacial score (nSPS) is 21.9. The third-order valence-electron chi connectivity index (χ3n) is 4.27. The number of ether oxygens (including phenoxy) is 1. The molecular formula is C16H19NO2. The number of hydrogen-bond donors (Lipinski definition) is 0. The quantitative estimate of drug-likeness (QED) is 0.842. The van der Waals surface area contributed by atoms with E-state index < -0.39 is 0 Å². The predicted molar refractivity (Wildman–Crippen MR) is 74.5 cm³/mol. The van der Waals surface area contributed by atoms with Crippen molar-refractivity contribution in [3.05, 3.63) is 30.5 Å². The first-order valence-electron chi connectivity index (χ1n) is 7.26. The number of hydrogen-bond acceptors (Lipinski definition) is 3. The van der Waals surface area contributed by atoms with Crippen LogP contribution in [0.1, 0.15) is 25.7 Å². The number of furan rings is 1. The Hall–Kier alpha value is -1.48. The summed E-state index contributed by atoms with van der Waals surface area (Å²) in [6.07, 6.45) is 7.22. The molecule has 1 aliphatic carbocycles. The van der Waals surface area contributed by atoms with Crippen molar-refractivity contribution in [3.63, 3.8) is 0 Å². The van der Waals surface area contributed by atoms with Gasteiger partial charge < -0.3 is 14.1 Å². The minimum atomic E-state index is 0.374. The Kier molecular flexibility index (Phi) is 2.73. The summed E-state index contributed by atoms with van der Waals surface area (Å²) in [5.41, 5.74) is 0.927. The Morgan fingerprint density at radius 1 is 1.05 bits per heavy atom. The summed E-state index contributed by atoms with van der Waals surface area (Å²) in [6.45, 7) is 2.40. The second kappa shape index (κ2) is 4.57. The maximum Gasteiger partial charge on any atom is 0.134 e. The molecule has 1 saturated heterocycles. The average Bonchev–Trinajstić information content (AvgIpc) is 3.18. The van der Waals surface area contributed by atoms with Crippen LogP contribution in [0.3, 0.4) is 0 Å². The van der Waals surface area contributed by atoms with Gasteiger partial charge in [-0.25, -0.2) is 0 Å². The van der Waals surface area contributed by atoms with Gasteiger partial charge in [-0.15, -0.1) is 0 Å². The molecule has 1 saturated carbocycles. The van der Waals surface area contributed by atoms with Crippen LogP contribution in [0.4, 0.5) is 0 Å². The van der Waals surface area contributed by atoms with Crippen molar-refractivity contribution in [2.24, 2.45) is 0 Å². The van der Waals surface area contributed by atoms with Gasteiger partial charge in [0.15, 0.2) is 0 Å². The molecule has 3 nitrogen and oxygen atoms in total. The topological polar surface area (TPSA) is 25.6 Å². The fraction of sp³-hybridized carbons (Fsp3) is 0.500. The number of nitrogens with zero attached hydrogens (tertiary/aromatic N) is 1. The van der Waals surface area contributed by atoms with Crippen LogP contribution in [0.5, 0.6) is 5.75 Å². The van der Waals surface area contributed by atoms with Gasteiger partial charge in [0.25, 0.3) is 0 Å². The van der Waals surface area contributed by atoms with Crippen LogP contribution in [0, 0.1) is 0 Å². The van der Waals surface area contributed by atoms with Crippen molar-refractivity contribution in [2.75, 3.05) is 13.1 Å². The van der Waals surface area contributed by atoms with Crippen molar-refractivity contribution in [1.29, 1.82) is 0 Å². The highest BCUT2D eigenvalue weighted by Gasteiger charge is 2.32. The van der Waals surface area contributed by atoms with Crippen LogP contribution in [-0.4, -0.2) is 30.1 Å². The van der Waals surface area contributed by atoms with Gasteiger partial charge in [0.1, 0.15) is 17.4 Å². The summed E-state index contributed by atoms with van der Waals surface area (Å²) in [7, 11) is 0. The van der Waals surface area contributed by atoms with Crippen LogP contribution in [0.15, 0.2) is 34.9 Å². The fourth-order valence-corrected chi connectivity index (χ4v) is 3.01. The summed E-state index contributed by atoms with van der Waals surface area (Å²) in [5, 5.41) is 1.12. The van der Waals surface area contributed by atoms with Crippen LogP contribution in [-0.2, 0) is 0 Å². The molecule has 0 N–H and O–H groups in total. The van der Waals surface area contributed by atoms with Gasteiger partial charge in [-0.05, 0) is 49.9 Å². The Morgan fingerprint density at radius 2 is 1.89 bits per heavy atom. The molecule has 1 aromatic carbocycles. The minimum Gasteiger partial charge on any atom is -0.490 e. The molecule has 1 aliphatic heterocycles. The molecule has 0 radical (unpaired) electrons. The molecule has 2 fully saturated rings. The van der Waals surface area contributed by atoms with Gasteiger partial charge in [-0.2, -0.15) is 0 Å². The number of rotatable bonds is 3. The largest absolute Gasteiger partial charge is 0.490 e. The third kappa shape index (κ3) is 2.35. The van der Waals surface area contributed by atoms with E-state index in [9.17, 15) is 0 Å². The Balaban J connectivity index is 1.40. The first-order valence-corrected chi connectivity index (χ1v) is 7.26. The van der Waals surface area contributed by atoms with E-state index in [2.05, 4.69) is 11.0 Å². The predicted octanol–water partition coefficient (Wildman–Crippen LogP) is 3.44. The van der Waals surface area contributed by atoms with Gasteiger partial charge in [-0.3, -0.25) is 0 Å². The zero-order valence-corrected chi connectivity index (χ0v) is 11.0. The lowest BCUT2D eigenvalue weighted by Crippen LogP contribution is -2.39. The van der Waals surface area contributed by atoms with E-state index in [1.165, 1.54) is 25.9 Å². The zero-order chi connectivity index (χ0) is 12.7. The van der Waals surface area contributed by atoms with E-state index in [-0.39, 0.29) is 0 Å². The first-order chi connectivity index (χ1) is 9.38. The van der Waals surface area contributed by atoms with Crippen LogP contribution in [0.2, 0.25) is 0 Å². The molecule has 0 amide bonds. The Morgan fingerprint density at radius 3 is 2.68 bits per heavy atom. The molecule has 0 unspecified atom stereocenters. The van der Waals surface area contributed by atoms with Crippen molar-refractivity contribution in [3.8, 4) is 5.75 Å². The van der Waals surface area contributed by atoms with Crippen LogP contribution < -0.4 is 4.74 Å². The van der Waals surface area contributed by atoms with Gasteiger partial charge in [0, 0.05) is 24.5 Å². The first kappa shape index (κ1) is 11.4. The van der Waals surface area contributed by atoms with E-state index in [1.54, 1.807) is 6.26 Å². The molecule has 1 aromatic heterocycles. The third-order valence-corrected chi connectivity index (χ3v) is 4.27. The smallest absolute Gasteiger partial charge is 0.134 e. The van der Waals surface area contributed by atoms with Gasteiger partial charge in [0.2, 0.25) is 0 Å². The molecular weight excluding hydrogens is 238 g/mol. The highest BCUT2D eigenvalue weighted by molar-refractivity contribution is 5.78. The van der Waals surface area contributed by atoms with Gasteiger partial charge in [0.05, 0.1) is 6.26 Å². The van der Waals surface area contributed by atoms with Crippen LogP contribution >= 0.6 is 0 Å². The van der Waals surface area contributed by atoms with Crippen molar-refractivity contribution in [1.82, 2.24) is 4.90 Å². The van der Waals surface area contributed by atoms with E-state index in [4.69, 9.17) is 9.15 Å². The maximum atomic E-state index is 6.11. The molecule has 0 atom stereocenters. The summed E-state index contributed by atoms with van der Waals surface area (Å²) >= 11 is 0. The minimum absolute atomic E-state index is 0.374. The summed E-state index contributed by atoms with van der Waals surface area (Å²) in [6, 6.07) is 8.95. The van der Waals surface area contributed by atoms with Gasteiger partial charge >= 0.3 is 0 Å². The monoisotopic (exact) mass is 257 g/mol. The summed E-state index contributed by atoms with van der Waals surface area (Å²) in [5.74, 6) is 0.971. The van der Waals surface area contributed by atoms with E-state index in [1.807, 2.05) is 18.2 Å². The fourth-order valence-electron chi connectivity index (χ4n) is 3.01. The highest BCUT2D eigenvalue weighted by Crippen LogP contribution is 2.30. The Labute approximate surface area is 113 Å². The molecule has 0 spiro atoms. The average molecular weight is 257 g/mol. The maximum absolute atomic E-state index is 6.11. The lowest BCUT2D eigenvalue weighted by Gasteiger charge is -2.32. The molecule has 4 rings (SSSR count). The van der Waals surface area contributed by atoms with E-state index >= 15 is 0 Å². The van der Waals surface area contributed by atoms with Crippen molar-refractivity contribution in [2.45, 2.75) is 37.8 Å². The molecule has 3 heteroatoms. The number of fused-ring (bicyclic) bond motifs is 1. The summed E-state index contributed by atoms with van der Waals surface area (Å²) in [4.78, 5) is 2.62. The van der Waals surface area contributed by atoms with Gasteiger partial charge in [-0.1, -0.05) is 0 Å². The highest BCUT2D eigenvalue weighted by atomic mass is 16.5. The Bertz CT molecular complexity index is 565. The molecule has 19 heavy (non-hydrogen) atoms. The standard InChI is InChI=1S/C16H19NO2/c1-2-13(1)17-8-5-14(6-9-17)19-15-3-4-16-12(11-15)7-10-18-16/h3-4,7,10-11,13-14H,1-2,5-6,8-9H2. The molecule has 2 aromatic rings. The molecule has 0 bridgehead atoms. The SMILES string of the molecule is c1cc2cc(OC3CCN(C4CC4)CC3)ccc2o1. The number of piperidine rings is 1. The second-order valence-electron chi connectivity index (χ2n) is 5.70. The van der Waals surface area contributed by atoms with E-state index in [0.29, 0.717) is 6.10 Å². The lowest BCUT2D eigenvalue weighted by atomic mass is 10.1. The van der Waals surface area contributed by atoms with Crippen molar-refractivity contribution < 1.29 is 9.15 Å². The van der Waals surface area contributed by atoms with Crippen molar-refractivity contribution >= 4 is 11.0 Å². The zero-order valence-electron chi connectivity index (χ0n) is 11.0. The lowest BCUT2D eigenvalue weighted by molar-refractivity contribution is 0.0966.